The molecule has 2 aromatic rings. The van der Waals surface area contributed by atoms with E-state index in [1.807, 2.05) is 30.3 Å². The summed E-state index contributed by atoms with van der Waals surface area (Å²) < 4.78 is 5.43. The van der Waals surface area contributed by atoms with E-state index >= 15 is 0 Å². The van der Waals surface area contributed by atoms with Crippen molar-refractivity contribution in [2.24, 2.45) is 0 Å². The first-order valence-electron chi connectivity index (χ1n) is 11.8. The van der Waals surface area contributed by atoms with Gasteiger partial charge in [-0.2, -0.15) is 5.26 Å². The van der Waals surface area contributed by atoms with Crippen LogP contribution in [-0.4, -0.2) is 35.3 Å². The Labute approximate surface area is 209 Å². The summed E-state index contributed by atoms with van der Waals surface area (Å²) in [4.78, 5) is 30.0. The minimum absolute atomic E-state index is 0.0598. The molecule has 1 aromatic heterocycles. The molecule has 1 aliphatic carbocycles. The number of nitriles is 1. The molecular formula is C27H28N4O3S. The topological polar surface area (TPSA) is 104 Å². The predicted octanol–water partition coefficient (Wildman–Crippen LogP) is 4.27. The fraction of sp³-hybridized carbons (Fsp3) is 0.333. The number of thioether (sulfide) groups is 1. The first-order chi connectivity index (χ1) is 17.1. The Kier molecular flexibility index (Phi) is 8.22. The fourth-order valence-corrected chi connectivity index (χ4v) is 5.38. The maximum absolute atomic E-state index is 13.3. The second-order valence-corrected chi connectivity index (χ2v) is 9.39. The minimum Gasteiger partial charge on any atom is -0.463 e. The van der Waals surface area contributed by atoms with Gasteiger partial charge in [-0.25, -0.2) is 4.79 Å². The number of aromatic nitrogens is 1. The van der Waals surface area contributed by atoms with Crippen molar-refractivity contribution in [1.82, 2.24) is 15.6 Å². The van der Waals surface area contributed by atoms with Crippen molar-refractivity contribution in [3.8, 4) is 6.07 Å². The van der Waals surface area contributed by atoms with Gasteiger partial charge in [0.1, 0.15) is 0 Å². The lowest BCUT2D eigenvalue weighted by atomic mass is 9.81. The highest BCUT2D eigenvalue weighted by atomic mass is 32.2. The van der Waals surface area contributed by atoms with Crippen molar-refractivity contribution < 1.29 is 14.3 Å². The zero-order chi connectivity index (χ0) is 24.6. The highest BCUT2D eigenvalue weighted by molar-refractivity contribution is 8.03. The third kappa shape index (κ3) is 5.75. The predicted molar refractivity (Wildman–Crippen MR) is 136 cm³/mol. The molecule has 2 N–H and O–H groups in total. The zero-order valence-corrected chi connectivity index (χ0v) is 20.4. The summed E-state index contributed by atoms with van der Waals surface area (Å²) in [6.07, 6.45) is 7.57. The van der Waals surface area contributed by atoms with Crippen LogP contribution >= 0.6 is 11.8 Å². The zero-order valence-electron chi connectivity index (χ0n) is 19.6. The second-order valence-electron chi connectivity index (χ2n) is 8.41. The molecule has 7 nitrogen and oxygen atoms in total. The number of carbonyl (C=O) groups excluding carboxylic acids is 2. The number of hydrogen-bond donors (Lipinski definition) is 2. The molecule has 1 fully saturated rings. The van der Waals surface area contributed by atoms with Crippen LogP contribution in [0, 0.1) is 11.3 Å². The molecule has 180 valence electrons. The third-order valence-electron chi connectivity index (χ3n) is 6.12. The quantitative estimate of drug-likeness (QED) is 0.535. The van der Waals surface area contributed by atoms with Gasteiger partial charge in [-0.05, 0) is 43.0 Å². The Hall–Kier alpha value is -3.57. The maximum atomic E-state index is 13.3. The van der Waals surface area contributed by atoms with Crippen molar-refractivity contribution >= 4 is 29.3 Å². The highest BCUT2D eigenvalue weighted by Crippen LogP contribution is 2.43. The average molecular weight is 489 g/mol. The molecule has 35 heavy (non-hydrogen) atoms. The van der Waals surface area contributed by atoms with Crippen LogP contribution < -0.4 is 10.6 Å². The molecule has 1 atom stereocenters. The highest BCUT2D eigenvalue weighted by Gasteiger charge is 2.37. The summed E-state index contributed by atoms with van der Waals surface area (Å²) >= 11 is 1.28. The minimum atomic E-state index is -0.654. The van der Waals surface area contributed by atoms with E-state index in [4.69, 9.17) is 4.74 Å². The number of carbonyl (C=O) groups is 2. The number of rotatable bonds is 8. The van der Waals surface area contributed by atoms with Gasteiger partial charge in [0, 0.05) is 18.4 Å². The van der Waals surface area contributed by atoms with Crippen LogP contribution in [0.5, 0.6) is 0 Å². The third-order valence-corrected chi connectivity index (χ3v) is 7.13. The molecule has 4 rings (SSSR count). The number of esters is 1. The Morgan fingerprint density at radius 2 is 1.89 bits per heavy atom. The number of hydrogen-bond acceptors (Lipinski definition) is 7. The molecule has 1 aliphatic heterocycles. The van der Waals surface area contributed by atoms with E-state index < -0.39 is 11.9 Å². The molecule has 0 saturated heterocycles. The first kappa shape index (κ1) is 24.6. The SMILES string of the molecule is CCOC(=O)C1=C(c2ccccc2)NC(SCC(=O)NC2CCCC2)=C(C#N)[C@H]1c1ccncc1. The number of pyridine rings is 1. The van der Waals surface area contributed by atoms with E-state index in [0.29, 0.717) is 21.9 Å². The fourth-order valence-electron chi connectivity index (χ4n) is 4.52. The molecule has 0 bridgehead atoms. The van der Waals surface area contributed by atoms with Crippen LogP contribution in [0.4, 0.5) is 0 Å². The van der Waals surface area contributed by atoms with Crippen molar-refractivity contribution in [1.29, 1.82) is 5.26 Å². The van der Waals surface area contributed by atoms with Gasteiger partial charge in [0.15, 0.2) is 0 Å². The number of dihydropyridines is 1. The monoisotopic (exact) mass is 488 g/mol. The number of amides is 1. The van der Waals surface area contributed by atoms with Gasteiger partial charge in [-0.3, -0.25) is 9.78 Å². The van der Waals surface area contributed by atoms with Gasteiger partial charge in [0.05, 0.1) is 46.2 Å². The molecule has 0 unspecified atom stereocenters. The summed E-state index contributed by atoms with van der Waals surface area (Å²) in [5.41, 5.74) is 2.85. The first-order valence-corrected chi connectivity index (χ1v) is 12.8. The lowest BCUT2D eigenvalue weighted by Gasteiger charge is -2.30. The number of nitrogens with one attached hydrogen (secondary N) is 2. The van der Waals surface area contributed by atoms with E-state index in [2.05, 4.69) is 21.7 Å². The Balaban J connectivity index is 1.74. The van der Waals surface area contributed by atoms with Gasteiger partial charge in [0.25, 0.3) is 0 Å². The number of nitrogens with zero attached hydrogens (tertiary/aromatic N) is 2. The summed E-state index contributed by atoms with van der Waals surface area (Å²) in [7, 11) is 0. The van der Waals surface area contributed by atoms with Crippen LogP contribution in [0.15, 0.2) is 71.0 Å². The number of ether oxygens (including phenoxy) is 1. The summed E-state index contributed by atoms with van der Waals surface area (Å²) in [5, 5.41) is 17.2. The van der Waals surface area contributed by atoms with Gasteiger partial charge in [-0.1, -0.05) is 54.9 Å². The Bertz CT molecular complexity index is 1170. The number of allylic oxidation sites excluding steroid dienone is 1. The van der Waals surface area contributed by atoms with Crippen LogP contribution in [0.25, 0.3) is 5.70 Å². The van der Waals surface area contributed by atoms with Crippen molar-refractivity contribution in [2.75, 3.05) is 12.4 Å². The van der Waals surface area contributed by atoms with E-state index in [1.54, 1.807) is 31.5 Å². The molecule has 0 spiro atoms. The number of benzene rings is 1. The van der Waals surface area contributed by atoms with Crippen molar-refractivity contribution in [3.63, 3.8) is 0 Å². The van der Waals surface area contributed by atoms with E-state index in [-0.39, 0.29) is 24.3 Å². The molecule has 2 heterocycles. The molecular weight excluding hydrogens is 460 g/mol. The summed E-state index contributed by atoms with van der Waals surface area (Å²) in [6, 6.07) is 15.6. The van der Waals surface area contributed by atoms with E-state index in [0.717, 1.165) is 36.8 Å². The smallest absolute Gasteiger partial charge is 0.337 e. The van der Waals surface area contributed by atoms with Crippen LogP contribution in [0.1, 0.15) is 49.7 Å². The Morgan fingerprint density at radius 3 is 2.54 bits per heavy atom. The molecule has 1 amide bonds. The van der Waals surface area contributed by atoms with Gasteiger partial charge in [0.2, 0.25) is 5.91 Å². The molecule has 0 radical (unpaired) electrons. The van der Waals surface area contributed by atoms with Crippen LogP contribution in [0.2, 0.25) is 0 Å². The lowest BCUT2D eigenvalue weighted by Crippen LogP contribution is -2.34. The van der Waals surface area contributed by atoms with Crippen LogP contribution in [-0.2, 0) is 14.3 Å². The van der Waals surface area contributed by atoms with E-state index in [1.165, 1.54) is 11.8 Å². The molecule has 1 saturated carbocycles. The van der Waals surface area contributed by atoms with Gasteiger partial charge < -0.3 is 15.4 Å². The standard InChI is InChI=1S/C27H28N4O3S/c1-2-34-27(33)24-23(18-12-14-29-15-13-18)21(16-28)26(31-25(24)19-8-4-3-5-9-19)35-17-22(32)30-20-10-6-7-11-20/h3-5,8-9,12-15,20,23,31H,2,6-7,10-11,17H2,1H3,(H,30,32)/t23-/m1/s1. The van der Waals surface area contributed by atoms with Crippen molar-refractivity contribution in [3.05, 3.63) is 82.2 Å². The maximum Gasteiger partial charge on any atom is 0.337 e. The lowest BCUT2D eigenvalue weighted by molar-refractivity contribution is -0.138. The van der Waals surface area contributed by atoms with Gasteiger partial charge >= 0.3 is 5.97 Å². The van der Waals surface area contributed by atoms with Crippen molar-refractivity contribution in [2.45, 2.75) is 44.6 Å². The summed E-state index contributed by atoms with van der Waals surface area (Å²) in [5.74, 6) is -1.03. The molecule has 1 aromatic carbocycles. The largest absolute Gasteiger partial charge is 0.463 e. The van der Waals surface area contributed by atoms with E-state index in [9.17, 15) is 14.9 Å². The van der Waals surface area contributed by atoms with Crippen LogP contribution in [0.3, 0.4) is 0 Å². The molecule has 8 heteroatoms. The normalized spacial score (nSPS) is 18.1. The molecule has 2 aliphatic rings. The summed E-state index contributed by atoms with van der Waals surface area (Å²) in [6.45, 7) is 1.96. The van der Waals surface area contributed by atoms with Gasteiger partial charge in [-0.15, -0.1) is 0 Å². The second kappa shape index (κ2) is 11.7. The Morgan fingerprint density at radius 1 is 1.17 bits per heavy atom. The average Bonchev–Trinajstić information content (AvgIpc) is 3.40.